The summed E-state index contributed by atoms with van der Waals surface area (Å²) in [6.07, 6.45) is 5.06. The maximum absolute atomic E-state index is 12.5. The number of ether oxygens (including phenoxy) is 2. The van der Waals surface area contributed by atoms with Gasteiger partial charge in [0.15, 0.2) is 11.5 Å². The Balaban J connectivity index is 2.11. The topological polar surface area (TPSA) is 75.7 Å². The molecule has 0 unspecified atom stereocenters. The standard InChI is InChI=1S/C21H24N2O4/c1-16(2)27-19-9-7-17(14-20(19)25-3)8-10-21(24)23(12-5-11-22)15-18-6-4-13-26-18/h4,6-10,13-14,16H,5,12,15H2,1-3H3. The summed E-state index contributed by atoms with van der Waals surface area (Å²) in [5, 5.41) is 8.82. The molecule has 2 rings (SSSR count). The summed E-state index contributed by atoms with van der Waals surface area (Å²) in [5.41, 5.74) is 0.814. The molecular formula is C21H24N2O4. The van der Waals surface area contributed by atoms with E-state index in [4.69, 9.17) is 19.2 Å². The molecule has 27 heavy (non-hydrogen) atoms. The van der Waals surface area contributed by atoms with Gasteiger partial charge in [0.05, 0.1) is 38.5 Å². The zero-order valence-electron chi connectivity index (χ0n) is 15.8. The van der Waals surface area contributed by atoms with E-state index in [1.165, 1.54) is 6.08 Å². The lowest BCUT2D eigenvalue weighted by Crippen LogP contribution is -2.29. The summed E-state index contributed by atoms with van der Waals surface area (Å²) in [6, 6.07) is 11.1. The molecule has 1 heterocycles. The van der Waals surface area contributed by atoms with Crippen molar-refractivity contribution in [2.45, 2.75) is 32.9 Å². The number of benzene rings is 1. The Kier molecular flexibility index (Phi) is 7.50. The van der Waals surface area contributed by atoms with Crippen LogP contribution in [0.1, 0.15) is 31.6 Å². The van der Waals surface area contributed by atoms with Gasteiger partial charge < -0.3 is 18.8 Å². The fourth-order valence-electron chi connectivity index (χ4n) is 2.45. The molecule has 0 aliphatic carbocycles. The second kappa shape index (κ2) is 10.1. The summed E-state index contributed by atoms with van der Waals surface area (Å²) >= 11 is 0. The van der Waals surface area contributed by atoms with Crippen molar-refractivity contribution in [2.75, 3.05) is 13.7 Å². The molecule has 0 spiro atoms. The van der Waals surface area contributed by atoms with Crippen molar-refractivity contribution >= 4 is 12.0 Å². The highest BCUT2D eigenvalue weighted by atomic mass is 16.5. The van der Waals surface area contributed by atoms with Gasteiger partial charge in [0.1, 0.15) is 5.76 Å². The van der Waals surface area contributed by atoms with Gasteiger partial charge in [-0.05, 0) is 49.8 Å². The molecule has 1 amide bonds. The molecule has 0 atom stereocenters. The SMILES string of the molecule is COc1cc(C=CC(=O)N(CCC#N)Cc2ccco2)ccc1OC(C)C. The van der Waals surface area contributed by atoms with E-state index in [-0.39, 0.29) is 18.4 Å². The smallest absolute Gasteiger partial charge is 0.247 e. The van der Waals surface area contributed by atoms with Crippen LogP contribution >= 0.6 is 0 Å². The predicted molar refractivity (Wildman–Crippen MR) is 102 cm³/mol. The number of rotatable bonds is 9. The number of hydrogen-bond donors (Lipinski definition) is 0. The lowest BCUT2D eigenvalue weighted by atomic mass is 10.1. The molecule has 142 valence electrons. The van der Waals surface area contributed by atoms with Gasteiger partial charge in [0, 0.05) is 12.6 Å². The molecule has 6 nitrogen and oxygen atoms in total. The van der Waals surface area contributed by atoms with Crippen LogP contribution in [-0.2, 0) is 11.3 Å². The van der Waals surface area contributed by atoms with Crippen molar-refractivity contribution in [1.29, 1.82) is 5.26 Å². The molecule has 1 aromatic heterocycles. The number of amides is 1. The molecule has 1 aromatic carbocycles. The highest BCUT2D eigenvalue weighted by molar-refractivity contribution is 5.91. The molecule has 6 heteroatoms. The van der Waals surface area contributed by atoms with Crippen molar-refractivity contribution in [1.82, 2.24) is 4.90 Å². The van der Waals surface area contributed by atoms with Crippen LogP contribution in [0.15, 0.2) is 47.1 Å². The number of carbonyl (C=O) groups is 1. The third-order valence-electron chi connectivity index (χ3n) is 3.70. The quantitative estimate of drug-likeness (QED) is 0.625. The molecular weight excluding hydrogens is 344 g/mol. The fraction of sp³-hybridized carbons (Fsp3) is 0.333. The monoisotopic (exact) mass is 368 g/mol. The van der Waals surface area contributed by atoms with Crippen LogP contribution in [0.3, 0.4) is 0 Å². The van der Waals surface area contributed by atoms with Crippen LogP contribution in [0.25, 0.3) is 6.08 Å². The minimum atomic E-state index is -0.192. The van der Waals surface area contributed by atoms with Crippen molar-refractivity contribution in [3.05, 3.63) is 54.0 Å². The van der Waals surface area contributed by atoms with E-state index in [9.17, 15) is 4.79 Å². The van der Waals surface area contributed by atoms with Crippen molar-refractivity contribution in [3.63, 3.8) is 0 Å². The summed E-state index contributed by atoms with van der Waals surface area (Å²) in [4.78, 5) is 14.1. The van der Waals surface area contributed by atoms with Crippen molar-refractivity contribution in [3.8, 4) is 17.6 Å². The first-order valence-corrected chi connectivity index (χ1v) is 8.74. The van der Waals surface area contributed by atoms with Gasteiger partial charge in [-0.25, -0.2) is 0 Å². The second-order valence-corrected chi connectivity index (χ2v) is 6.16. The van der Waals surface area contributed by atoms with E-state index >= 15 is 0 Å². The third kappa shape index (κ3) is 6.23. The van der Waals surface area contributed by atoms with Crippen LogP contribution in [0.2, 0.25) is 0 Å². The second-order valence-electron chi connectivity index (χ2n) is 6.16. The normalized spacial score (nSPS) is 10.8. The molecule has 0 saturated heterocycles. The molecule has 0 radical (unpaired) electrons. The van der Waals surface area contributed by atoms with Crippen LogP contribution in [0.4, 0.5) is 0 Å². The molecule has 0 N–H and O–H groups in total. The Morgan fingerprint density at radius 1 is 1.33 bits per heavy atom. The van der Waals surface area contributed by atoms with E-state index in [0.717, 1.165) is 5.56 Å². The fourth-order valence-corrected chi connectivity index (χ4v) is 2.45. The lowest BCUT2D eigenvalue weighted by molar-refractivity contribution is -0.126. The Morgan fingerprint density at radius 2 is 2.15 bits per heavy atom. The first kappa shape index (κ1) is 20.1. The Morgan fingerprint density at radius 3 is 2.78 bits per heavy atom. The van der Waals surface area contributed by atoms with Gasteiger partial charge in [-0.3, -0.25) is 4.79 Å². The summed E-state index contributed by atoms with van der Waals surface area (Å²) in [5.74, 6) is 1.74. The van der Waals surface area contributed by atoms with E-state index in [1.807, 2.05) is 32.0 Å². The summed E-state index contributed by atoms with van der Waals surface area (Å²) < 4.78 is 16.4. The Hall–Kier alpha value is -3.20. The van der Waals surface area contributed by atoms with Gasteiger partial charge in [0.2, 0.25) is 5.91 Å². The molecule has 0 aliphatic heterocycles. The van der Waals surface area contributed by atoms with Crippen LogP contribution < -0.4 is 9.47 Å². The predicted octanol–water partition coefficient (Wildman–Crippen LogP) is 4.03. The highest BCUT2D eigenvalue weighted by Gasteiger charge is 2.13. The van der Waals surface area contributed by atoms with Gasteiger partial charge >= 0.3 is 0 Å². The van der Waals surface area contributed by atoms with Crippen LogP contribution in [0, 0.1) is 11.3 Å². The van der Waals surface area contributed by atoms with Crippen LogP contribution in [-0.4, -0.2) is 30.6 Å². The zero-order chi connectivity index (χ0) is 19.6. The molecule has 0 bridgehead atoms. The van der Waals surface area contributed by atoms with Crippen LogP contribution in [0.5, 0.6) is 11.5 Å². The maximum Gasteiger partial charge on any atom is 0.247 e. The number of nitrogens with zero attached hydrogens (tertiary/aromatic N) is 2. The van der Waals surface area contributed by atoms with Crippen molar-refractivity contribution in [2.24, 2.45) is 0 Å². The zero-order valence-corrected chi connectivity index (χ0v) is 15.8. The number of furan rings is 1. The molecule has 0 saturated carbocycles. The first-order valence-electron chi connectivity index (χ1n) is 8.74. The first-order chi connectivity index (χ1) is 13.0. The maximum atomic E-state index is 12.5. The molecule has 0 aliphatic rings. The van der Waals surface area contributed by atoms with E-state index in [0.29, 0.717) is 30.3 Å². The number of hydrogen-bond acceptors (Lipinski definition) is 5. The summed E-state index contributed by atoms with van der Waals surface area (Å²) in [7, 11) is 1.58. The lowest BCUT2D eigenvalue weighted by Gasteiger charge is -2.18. The molecule has 2 aromatic rings. The average molecular weight is 368 g/mol. The third-order valence-corrected chi connectivity index (χ3v) is 3.70. The number of carbonyl (C=O) groups excluding carboxylic acids is 1. The minimum Gasteiger partial charge on any atom is -0.493 e. The largest absolute Gasteiger partial charge is 0.493 e. The average Bonchev–Trinajstić information content (AvgIpc) is 3.16. The number of methoxy groups -OCH3 is 1. The highest BCUT2D eigenvalue weighted by Crippen LogP contribution is 2.29. The van der Waals surface area contributed by atoms with E-state index < -0.39 is 0 Å². The molecule has 0 fully saturated rings. The van der Waals surface area contributed by atoms with Gasteiger partial charge in [0.25, 0.3) is 0 Å². The number of nitriles is 1. The summed E-state index contributed by atoms with van der Waals surface area (Å²) in [6.45, 7) is 4.55. The van der Waals surface area contributed by atoms with Crippen molar-refractivity contribution < 1.29 is 18.7 Å². The van der Waals surface area contributed by atoms with Gasteiger partial charge in [-0.1, -0.05) is 6.07 Å². The Labute approximate surface area is 159 Å². The van der Waals surface area contributed by atoms with E-state index in [1.54, 1.807) is 36.5 Å². The van der Waals surface area contributed by atoms with Gasteiger partial charge in [-0.2, -0.15) is 5.26 Å². The Bertz CT molecular complexity index is 804. The minimum absolute atomic E-state index is 0.0390. The van der Waals surface area contributed by atoms with E-state index in [2.05, 4.69) is 6.07 Å². The van der Waals surface area contributed by atoms with Gasteiger partial charge in [-0.15, -0.1) is 0 Å².